The first kappa shape index (κ1) is 15.4. The molecule has 0 saturated carbocycles. The van der Waals surface area contributed by atoms with E-state index < -0.39 is 0 Å². The maximum Gasteiger partial charge on any atom is 0.148 e. The van der Waals surface area contributed by atoms with Gasteiger partial charge in [-0.3, -0.25) is 4.68 Å². The van der Waals surface area contributed by atoms with Crippen LogP contribution in [0.3, 0.4) is 0 Å². The highest BCUT2D eigenvalue weighted by Crippen LogP contribution is 2.23. The fourth-order valence-electron chi connectivity index (χ4n) is 2.17. The first-order chi connectivity index (χ1) is 10.0. The van der Waals surface area contributed by atoms with Gasteiger partial charge in [-0.05, 0) is 45.0 Å². The normalized spacial score (nSPS) is 11.0. The van der Waals surface area contributed by atoms with E-state index in [1.165, 1.54) is 0 Å². The zero-order valence-corrected chi connectivity index (χ0v) is 13.1. The molecule has 114 valence electrons. The van der Waals surface area contributed by atoms with Crippen molar-refractivity contribution in [2.45, 2.75) is 39.9 Å². The number of aromatic nitrogens is 2. The van der Waals surface area contributed by atoms with Crippen LogP contribution in [0.1, 0.15) is 26.5 Å². The van der Waals surface area contributed by atoms with Gasteiger partial charge in [0.15, 0.2) is 0 Å². The minimum Gasteiger partial charge on any atom is -0.379 e. The molecule has 2 aromatic rings. The molecule has 0 spiro atoms. The minimum atomic E-state index is -0.208. The molecule has 0 bridgehead atoms. The van der Waals surface area contributed by atoms with Crippen molar-refractivity contribution in [3.8, 4) is 0 Å². The number of nitrogens with one attached hydrogen (secondary N) is 1. The number of hydrogen-bond donors (Lipinski definition) is 1. The first-order valence-corrected chi connectivity index (χ1v) is 7.29. The van der Waals surface area contributed by atoms with E-state index in [0.717, 1.165) is 17.9 Å². The smallest absolute Gasteiger partial charge is 0.148 e. The number of benzene rings is 1. The predicted octanol–water partition coefficient (Wildman–Crippen LogP) is 3.50. The second-order valence-corrected chi connectivity index (χ2v) is 5.36. The minimum absolute atomic E-state index is 0.208. The lowest BCUT2D eigenvalue weighted by Crippen LogP contribution is -2.26. The van der Waals surface area contributed by atoms with Crippen molar-refractivity contribution in [1.82, 2.24) is 9.78 Å². The molecule has 1 N–H and O–H groups in total. The number of halogens is 1. The quantitative estimate of drug-likeness (QED) is 0.884. The highest BCUT2D eigenvalue weighted by atomic mass is 19.1. The summed E-state index contributed by atoms with van der Waals surface area (Å²) in [6, 6.07) is 7.49. The van der Waals surface area contributed by atoms with Crippen LogP contribution in [-0.4, -0.2) is 22.9 Å². The molecule has 1 heterocycles. The largest absolute Gasteiger partial charge is 0.379 e. The summed E-state index contributed by atoms with van der Waals surface area (Å²) >= 11 is 0. The number of aryl methyl sites for hydroxylation is 1. The zero-order chi connectivity index (χ0) is 15.4. The summed E-state index contributed by atoms with van der Waals surface area (Å²) in [6.45, 7) is 7.59. The van der Waals surface area contributed by atoms with E-state index in [1.54, 1.807) is 12.3 Å². The summed E-state index contributed by atoms with van der Waals surface area (Å²) in [6.07, 6.45) is 1.78. The summed E-state index contributed by atoms with van der Waals surface area (Å²) in [7, 11) is 1.90. The van der Waals surface area contributed by atoms with Crippen molar-refractivity contribution in [2.75, 3.05) is 17.3 Å². The van der Waals surface area contributed by atoms with E-state index in [2.05, 4.69) is 10.4 Å². The lowest BCUT2D eigenvalue weighted by atomic mass is 10.2. The van der Waals surface area contributed by atoms with Gasteiger partial charge >= 0.3 is 0 Å². The van der Waals surface area contributed by atoms with E-state index >= 15 is 0 Å². The molecular weight excluding hydrogens is 267 g/mol. The Kier molecular flexibility index (Phi) is 4.83. The van der Waals surface area contributed by atoms with Gasteiger partial charge < -0.3 is 10.2 Å². The molecule has 0 unspecified atom stereocenters. The highest BCUT2D eigenvalue weighted by Gasteiger charge is 2.11. The van der Waals surface area contributed by atoms with Crippen LogP contribution in [0.5, 0.6) is 0 Å². The van der Waals surface area contributed by atoms with Gasteiger partial charge in [0.05, 0.1) is 17.9 Å². The van der Waals surface area contributed by atoms with E-state index in [0.29, 0.717) is 12.2 Å². The van der Waals surface area contributed by atoms with Crippen molar-refractivity contribution in [3.05, 3.63) is 42.0 Å². The van der Waals surface area contributed by atoms with E-state index in [9.17, 15) is 4.39 Å². The summed E-state index contributed by atoms with van der Waals surface area (Å²) in [5.41, 5.74) is 2.48. The molecule has 0 radical (unpaired) electrons. The molecule has 1 aromatic carbocycles. The lowest BCUT2D eigenvalue weighted by molar-refractivity contribution is 0.613. The van der Waals surface area contributed by atoms with Crippen LogP contribution in [-0.2, 0) is 13.1 Å². The topological polar surface area (TPSA) is 33.1 Å². The Morgan fingerprint density at radius 3 is 2.71 bits per heavy atom. The van der Waals surface area contributed by atoms with Crippen LogP contribution in [0.2, 0.25) is 0 Å². The number of nitrogens with zero attached hydrogens (tertiary/aromatic N) is 3. The van der Waals surface area contributed by atoms with Gasteiger partial charge in [-0.25, -0.2) is 4.39 Å². The molecule has 0 aliphatic rings. The fourth-order valence-corrected chi connectivity index (χ4v) is 2.17. The maximum atomic E-state index is 14.2. The summed E-state index contributed by atoms with van der Waals surface area (Å²) in [5, 5.41) is 7.46. The van der Waals surface area contributed by atoms with Crippen molar-refractivity contribution < 1.29 is 4.39 Å². The molecular formula is C16H23FN4. The van der Waals surface area contributed by atoms with Gasteiger partial charge in [0.2, 0.25) is 0 Å². The van der Waals surface area contributed by atoms with Crippen molar-refractivity contribution >= 4 is 11.4 Å². The lowest BCUT2D eigenvalue weighted by Gasteiger charge is -2.24. The third kappa shape index (κ3) is 3.54. The van der Waals surface area contributed by atoms with Gasteiger partial charge in [0, 0.05) is 31.5 Å². The van der Waals surface area contributed by atoms with Crippen molar-refractivity contribution in [1.29, 1.82) is 0 Å². The molecule has 0 amide bonds. The Bertz CT molecular complexity index is 592. The standard InChI is InChI=1S/C16H23FN4/c1-5-21-14(8-9-19-21)11-18-13-6-7-16(15(17)10-13)20(4)12(2)3/h6-10,12,18H,5,11H2,1-4H3. The Morgan fingerprint density at radius 2 is 2.10 bits per heavy atom. The monoisotopic (exact) mass is 290 g/mol. The molecule has 0 aliphatic heterocycles. The zero-order valence-electron chi connectivity index (χ0n) is 13.1. The second-order valence-electron chi connectivity index (χ2n) is 5.36. The molecule has 4 nitrogen and oxygen atoms in total. The average Bonchev–Trinajstić information content (AvgIpc) is 2.91. The predicted molar refractivity (Wildman–Crippen MR) is 85.2 cm³/mol. The van der Waals surface area contributed by atoms with Gasteiger partial charge in [0.1, 0.15) is 5.82 Å². The molecule has 0 saturated heterocycles. The molecule has 0 fully saturated rings. The van der Waals surface area contributed by atoms with Crippen LogP contribution in [0, 0.1) is 5.82 Å². The SMILES string of the molecule is CCn1nccc1CNc1ccc(N(C)C(C)C)c(F)c1. The molecule has 1 aromatic heterocycles. The molecule has 2 rings (SSSR count). The summed E-state index contributed by atoms with van der Waals surface area (Å²) in [4.78, 5) is 1.92. The number of rotatable bonds is 6. The summed E-state index contributed by atoms with van der Waals surface area (Å²) < 4.78 is 16.1. The van der Waals surface area contributed by atoms with Crippen LogP contribution in [0.15, 0.2) is 30.5 Å². The van der Waals surface area contributed by atoms with Gasteiger partial charge in [-0.1, -0.05) is 0 Å². The van der Waals surface area contributed by atoms with Gasteiger partial charge in [0.25, 0.3) is 0 Å². The Morgan fingerprint density at radius 1 is 1.33 bits per heavy atom. The third-order valence-electron chi connectivity index (χ3n) is 3.68. The summed E-state index contributed by atoms with van der Waals surface area (Å²) in [5.74, 6) is -0.208. The highest BCUT2D eigenvalue weighted by molar-refractivity contribution is 5.56. The molecule has 5 heteroatoms. The number of hydrogen-bond acceptors (Lipinski definition) is 3. The molecule has 21 heavy (non-hydrogen) atoms. The van der Waals surface area contributed by atoms with E-state index in [-0.39, 0.29) is 11.9 Å². The van der Waals surface area contributed by atoms with E-state index in [1.807, 2.05) is 55.6 Å². The van der Waals surface area contributed by atoms with Crippen LogP contribution in [0.25, 0.3) is 0 Å². The second kappa shape index (κ2) is 6.61. The van der Waals surface area contributed by atoms with E-state index in [4.69, 9.17) is 0 Å². The van der Waals surface area contributed by atoms with Crippen LogP contribution < -0.4 is 10.2 Å². The van der Waals surface area contributed by atoms with Gasteiger partial charge in [-0.15, -0.1) is 0 Å². The van der Waals surface area contributed by atoms with Gasteiger partial charge in [-0.2, -0.15) is 5.10 Å². The maximum absolute atomic E-state index is 14.2. The van der Waals surface area contributed by atoms with Crippen LogP contribution >= 0.6 is 0 Å². The fraction of sp³-hybridized carbons (Fsp3) is 0.438. The van der Waals surface area contributed by atoms with Crippen molar-refractivity contribution in [3.63, 3.8) is 0 Å². The number of anilines is 2. The Labute approximate surface area is 125 Å². The first-order valence-electron chi connectivity index (χ1n) is 7.29. The van der Waals surface area contributed by atoms with Crippen molar-refractivity contribution in [2.24, 2.45) is 0 Å². The average molecular weight is 290 g/mol. The Hall–Kier alpha value is -2.04. The molecule has 0 aliphatic carbocycles. The third-order valence-corrected chi connectivity index (χ3v) is 3.68. The Balaban J connectivity index is 2.07. The molecule has 0 atom stereocenters. The van der Waals surface area contributed by atoms with Crippen LogP contribution in [0.4, 0.5) is 15.8 Å².